The quantitative estimate of drug-likeness (QED) is 0.0182. The SMILES string of the molecule is C=CC(=O)OCCOc1ccc(C(=O)Oc2ccc(OC(=O)C3CCC(C(=O)Oc4ccc(OC(=O)c5ccc(OCCOC(=O)C=C)cc5)c(C(=O)OCCOCC)c4)CC3)cc2C(=O)OCCOCC)cc1. The molecule has 0 spiro atoms. The van der Waals surface area contributed by atoms with Gasteiger partial charge in [0.1, 0.15) is 85.3 Å². The molecule has 20 heteroatoms. The highest BCUT2D eigenvalue weighted by Crippen LogP contribution is 2.34. The summed E-state index contributed by atoms with van der Waals surface area (Å²) in [6.07, 6.45) is 3.06. The van der Waals surface area contributed by atoms with Gasteiger partial charge in [-0.3, -0.25) is 9.59 Å². The number of hydrogen-bond acceptors (Lipinski definition) is 20. The van der Waals surface area contributed by atoms with Gasteiger partial charge in [0.15, 0.2) is 0 Å². The van der Waals surface area contributed by atoms with Gasteiger partial charge in [0.25, 0.3) is 0 Å². The second-order valence-electron chi connectivity index (χ2n) is 15.6. The summed E-state index contributed by atoms with van der Waals surface area (Å²) >= 11 is 0. The van der Waals surface area contributed by atoms with Crippen molar-refractivity contribution in [1.29, 1.82) is 0 Å². The molecule has 0 saturated heterocycles. The lowest BCUT2D eigenvalue weighted by molar-refractivity contribution is -0.145. The molecule has 1 saturated carbocycles. The zero-order chi connectivity index (χ0) is 53.2. The molecule has 0 unspecified atom stereocenters. The van der Waals surface area contributed by atoms with Gasteiger partial charge in [-0.2, -0.15) is 0 Å². The standard InChI is InChI=1S/C54H56O20/c1-5-47(55)67-31-29-65-39-17-13-37(14-18-39)51(59)73-45-23-21-41(33-43(45)53(61)69-27-25-63-7-3)71-49(57)35-9-11-36(12-10-35)50(58)72-42-22-24-46(44(34-42)54(62)70-28-26-64-8-4)74-52(60)38-15-19-40(20-16-38)66-30-32-68-48(56)6-2/h5-6,13-24,33-36H,1-2,7-12,25-32H2,3-4H3. The highest BCUT2D eigenvalue weighted by atomic mass is 16.6. The molecule has 0 amide bonds. The third-order valence-electron chi connectivity index (χ3n) is 10.6. The second kappa shape index (κ2) is 29.9. The number of ether oxygens (including phenoxy) is 12. The summed E-state index contributed by atoms with van der Waals surface area (Å²) in [6, 6.07) is 19.6. The molecule has 0 aliphatic heterocycles. The van der Waals surface area contributed by atoms with E-state index in [1.54, 1.807) is 13.8 Å². The van der Waals surface area contributed by atoms with Crippen LogP contribution < -0.4 is 28.4 Å². The fourth-order valence-corrected chi connectivity index (χ4v) is 6.85. The smallest absolute Gasteiger partial charge is 0.343 e. The van der Waals surface area contributed by atoms with Crippen LogP contribution in [0.1, 0.15) is 81.0 Å². The monoisotopic (exact) mass is 1020 g/mol. The molecule has 4 aromatic carbocycles. The Hall–Kier alpha value is -8.36. The molecule has 1 fully saturated rings. The largest absolute Gasteiger partial charge is 0.490 e. The lowest BCUT2D eigenvalue weighted by Gasteiger charge is -2.26. The molecule has 0 bridgehead atoms. The first kappa shape index (κ1) is 56.6. The van der Waals surface area contributed by atoms with Gasteiger partial charge in [-0.1, -0.05) is 13.2 Å². The van der Waals surface area contributed by atoms with E-state index in [9.17, 15) is 38.4 Å². The Morgan fingerprint density at radius 3 is 1.14 bits per heavy atom. The van der Waals surface area contributed by atoms with Crippen molar-refractivity contribution in [2.45, 2.75) is 39.5 Å². The van der Waals surface area contributed by atoms with Gasteiger partial charge in [-0.15, -0.1) is 0 Å². The van der Waals surface area contributed by atoms with Gasteiger partial charge in [-0.25, -0.2) is 28.8 Å². The number of hydrogen-bond donors (Lipinski definition) is 0. The number of carbonyl (C=O) groups excluding carboxylic acids is 8. The van der Waals surface area contributed by atoms with Crippen molar-refractivity contribution in [3.8, 4) is 34.5 Å². The highest BCUT2D eigenvalue weighted by Gasteiger charge is 2.33. The summed E-state index contributed by atoms with van der Waals surface area (Å²) < 4.78 is 64.5. The first-order chi connectivity index (χ1) is 35.8. The minimum atomic E-state index is -0.871. The van der Waals surface area contributed by atoms with Crippen LogP contribution in [0, 0.1) is 11.8 Å². The Bertz CT molecular complexity index is 2420. The predicted octanol–water partition coefficient (Wildman–Crippen LogP) is 7.05. The van der Waals surface area contributed by atoms with Gasteiger partial charge in [-0.05, 0) is 124 Å². The molecule has 0 heterocycles. The number of rotatable bonds is 28. The van der Waals surface area contributed by atoms with Crippen LogP contribution in [-0.2, 0) is 47.6 Å². The van der Waals surface area contributed by atoms with Crippen molar-refractivity contribution in [3.05, 3.63) is 132 Å². The molecule has 392 valence electrons. The zero-order valence-electron chi connectivity index (χ0n) is 40.9. The van der Waals surface area contributed by atoms with Crippen LogP contribution in [0.2, 0.25) is 0 Å². The molecular formula is C54H56O20. The van der Waals surface area contributed by atoms with E-state index >= 15 is 0 Å². The van der Waals surface area contributed by atoms with E-state index in [4.69, 9.17) is 56.8 Å². The summed E-state index contributed by atoms with van der Waals surface area (Å²) in [5.41, 5.74) is -0.164. The summed E-state index contributed by atoms with van der Waals surface area (Å²) in [7, 11) is 0. The molecule has 74 heavy (non-hydrogen) atoms. The van der Waals surface area contributed by atoms with E-state index in [0.29, 0.717) is 24.7 Å². The van der Waals surface area contributed by atoms with Crippen LogP contribution in [0.5, 0.6) is 34.5 Å². The van der Waals surface area contributed by atoms with Crippen molar-refractivity contribution in [1.82, 2.24) is 0 Å². The summed E-state index contributed by atoms with van der Waals surface area (Å²) in [5.74, 6) is -6.66. The van der Waals surface area contributed by atoms with E-state index in [0.717, 1.165) is 12.2 Å². The molecule has 0 N–H and O–H groups in total. The molecule has 1 aliphatic carbocycles. The minimum absolute atomic E-state index is 0.0112. The van der Waals surface area contributed by atoms with E-state index in [1.165, 1.54) is 84.9 Å². The van der Waals surface area contributed by atoms with Gasteiger partial charge in [0.2, 0.25) is 0 Å². The summed E-state index contributed by atoms with van der Waals surface area (Å²) in [4.78, 5) is 102. The average molecular weight is 1030 g/mol. The van der Waals surface area contributed by atoms with Gasteiger partial charge in [0, 0.05) is 25.4 Å². The van der Waals surface area contributed by atoms with Gasteiger partial charge in [0.05, 0.1) is 36.2 Å². The van der Waals surface area contributed by atoms with Crippen LogP contribution in [0.3, 0.4) is 0 Å². The predicted molar refractivity (Wildman–Crippen MR) is 259 cm³/mol. The molecule has 0 atom stereocenters. The Kier molecular flexibility index (Phi) is 22.8. The molecule has 4 aromatic rings. The maximum atomic E-state index is 13.5. The van der Waals surface area contributed by atoms with Crippen LogP contribution in [-0.4, -0.2) is 114 Å². The second-order valence-corrected chi connectivity index (χ2v) is 15.6. The van der Waals surface area contributed by atoms with E-state index in [-0.39, 0.29) is 124 Å². The van der Waals surface area contributed by atoms with Crippen LogP contribution in [0.25, 0.3) is 0 Å². The summed E-state index contributed by atoms with van der Waals surface area (Å²) in [5, 5.41) is 0. The van der Waals surface area contributed by atoms with E-state index in [2.05, 4.69) is 13.2 Å². The number of benzene rings is 4. The topological polar surface area (TPSA) is 247 Å². The lowest BCUT2D eigenvalue weighted by Crippen LogP contribution is -2.30. The maximum absolute atomic E-state index is 13.5. The third kappa shape index (κ3) is 18.0. The average Bonchev–Trinajstić information content (AvgIpc) is 3.42. The highest BCUT2D eigenvalue weighted by molar-refractivity contribution is 5.98. The lowest BCUT2D eigenvalue weighted by atomic mass is 9.82. The molecule has 1 aliphatic rings. The molecule has 5 rings (SSSR count). The van der Waals surface area contributed by atoms with Crippen molar-refractivity contribution in [3.63, 3.8) is 0 Å². The normalized spacial score (nSPS) is 13.7. The first-order valence-corrected chi connectivity index (χ1v) is 23.5. The van der Waals surface area contributed by atoms with Crippen LogP contribution >= 0.6 is 0 Å². The Balaban J connectivity index is 1.18. The molecule has 20 nitrogen and oxygen atoms in total. The van der Waals surface area contributed by atoms with Crippen LogP contribution in [0.4, 0.5) is 0 Å². The molecule has 0 radical (unpaired) electrons. The van der Waals surface area contributed by atoms with Crippen LogP contribution in [0.15, 0.2) is 110 Å². The Morgan fingerprint density at radius 1 is 0.432 bits per heavy atom. The van der Waals surface area contributed by atoms with E-state index < -0.39 is 59.6 Å². The maximum Gasteiger partial charge on any atom is 0.343 e. The van der Waals surface area contributed by atoms with E-state index in [1.807, 2.05) is 0 Å². The Morgan fingerprint density at radius 2 is 0.784 bits per heavy atom. The van der Waals surface area contributed by atoms with Gasteiger partial charge >= 0.3 is 47.8 Å². The number of esters is 8. The first-order valence-electron chi connectivity index (χ1n) is 23.5. The fourth-order valence-electron chi connectivity index (χ4n) is 6.85. The minimum Gasteiger partial charge on any atom is -0.490 e. The van der Waals surface area contributed by atoms with Crippen molar-refractivity contribution in [2.24, 2.45) is 11.8 Å². The van der Waals surface area contributed by atoms with Gasteiger partial charge < -0.3 is 56.8 Å². The van der Waals surface area contributed by atoms with Crippen molar-refractivity contribution >= 4 is 47.8 Å². The zero-order valence-corrected chi connectivity index (χ0v) is 40.9. The van der Waals surface area contributed by atoms with Crippen molar-refractivity contribution in [2.75, 3.05) is 66.1 Å². The fraction of sp³-hybridized carbons (Fsp3) is 0.333. The number of carbonyl (C=O) groups is 8. The third-order valence-corrected chi connectivity index (χ3v) is 10.6. The Labute approximate surface area is 426 Å². The molecular weight excluding hydrogens is 969 g/mol. The summed E-state index contributed by atoms with van der Waals surface area (Å²) in [6.45, 7) is 11.1. The molecule has 0 aromatic heterocycles. The van der Waals surface area contributed by atoms with Crippen molar-refractivity contribution < 1.29 is 95.2 Å².